The van der Waals surface area contributed by atoms with Gasteiger partial charge in [-0.25, -0.2) is 0 Å². The van der Waals surface area contributed by atoms with Crippen molar-refractivity contribution in [2.24, 2.45) is 11.3 Å². The Kier molecular flexibility index (Phi) is 5.40. The smallest absolute Gasteiger partial charge is 0.303 e. The van der Waals surface area contributed by atoms with Crippen molar-refractivity contribution in [3.8, 4) is 0 Å². The number of carbonyl (C=O) groups excluding carboxylic acids is 1. The zero-order valence-electron chi connectivity index (χ0n) is 12.0. The van der Waals surface area contributed by atoms with Gasteiger partial charge in [-0.2, -0.15) is 0 Å². The maximum Gasteiger partial charge on any atom is 0.303 e. The zero-order chi connectivity index (χ0) is 14.4. The Balaban J connectivity index is 1.64. The highest BCUT2D eigenvalue weighted by molar-refractivity contribution is 5.78. The van der Waals surface area contributed by atoms with E-state index in [0.29, 0.717) is 19.6 Å². The molecule has 5 nitrogen and oxygen atoms in total. The topological polar surface area (TPSA) is 75.6 Å². The Morgan fingerprint density at radius 1 is 1.20 bits per heavy atom. The number of hydrogen-bond acceptors (Lipinski definition) is 3. The highest BCUT2D eigenvalue weighted by Gasteiger charge is 2.37. The molecule has 0 atom stereocenters. The second-order valence-corrected chi connectivity index (χ2v) is 6.32. The molecule has 2 N–H and O–H groups in total. The normalized spacial score (nSPS) is 20.8. The molecule has 0 saturated heterocycles. The molecule has 1 amide bonds. The molecule has 0 unspecified atom stereocenters. The molecule has 0 spiro atoms. The van der Waals surface area contributed by atoms with Crippen LogP contribution in [0.2, 0.25) is 0 Å². The minimum absolute atomic E-state index is 0.0387. The van der Waals surface area contributed by atoms with Gasteiger partial charge in [-0.3, -0.25) is 9.59 Å². The lowest BCUT2D eigenvalue weighted by Gasteiger charge is -2.26. The maximum atomic E-state index is 11.9. The summed E-state index contributed by atoms with van der Waals surface area (Å²) in [5, 5.41) is 11.8. The van der Waals surface area contributed by atoms with Crippen molar-refractivity contribution in [2.45, 2.75) is 51.4 Å². The maximum absolute atomic E-state index is 11.9. The molecule has 2 saturated carbocycles. The van der Waals surface area contributed by atoms with Crippen molar-refractivity contribution >= 4 is 11.9 Å². The standard InChI is InChI=1S/C15H25NO4/c17-13(16-7-8-20-11-12-3-4-12)9-15(10-14(18)19)5-1-2-6-15/h12H,1-11H2,(H,16,17)(H,18,19). The summed E-state index contributed by atoms with van der Waals surface area (Å²) in [7, 11) is 0. The fourth-order valence-corrected chi connectivity index (χ4v) is 3.06. The summed E-state index contributed by atoms with van der Waals surface area (Å²) in [6, 6.07) is 0. The van der Waals surface area contributed by atoms with Gasteiger partial charge in [-0.1, -0.05) is 12.8 Å². The van der Waals surface area contributed by atoms with Gasteiger partial charge in [-0.15, -0.1) is 0 Å². The summed E-state index contributed by atoms with van der Waals surface area (Å²) in [4.78, 5) is 22.9. The molecular formula is C15H25NO4. The van der Waals surface area contributed by atoms with Gasteiger partial charge in [0.25, 0.3) is 0 Å². The average molecular weight is 283 g/mol. The van der Waals surface area contributed by atoms with Crippen LogP contribution in [0.3, 0.4) is 0 Å². The van der Waals surface area contributed by atoms with Crippen LogP contribution in [-0.4, -0.2) is 36.7 Å². The third-order valence-electron chi connectivity index (χ3n) is 4.35. The fourth-order valence-electron chi connectivity index (χ4n) is 3.06. The molecule has 0 bridgehead atoms. The van der Waals surface area contributed by atoms with Crippen LogP contribution in [0.15, 0.2) is 0 Å². The fraction of sp³-hybridized carbons (Fsp3) is 0.867. The predicted molar refractivity (Wildman–Crippen MR) is 74.3 cm³/mol. The van der Waals surface area contributed by atoms with Crippen LogP contribution in [0.4, 0.5) is 0 Å². The van der Waals surface area contributed by atoms with Crippen molar-refractivity contribution < 1.29 is 19.4 Å². The minimum atomic E-state index is -0.799. The molecule has 0 aromatic rings. The van der Waals surface area contributed by atoms with Crippen LogP contribution < -0.4 is 5.32 Å². The van der Waals surface area contributed by atoms with Gasteiger partial charge in [0.05, 0.1) is 13.0 Å². The third kappa shape index (κ3) is 5.12. The van der Waals surface area contributed by atoms with Gasteiger partial charge in [0.15, 0.2) is 0 Å². The summed E-state index contributed by atoms with van der Waals surface area (Å²) in [6.45, 7) is 1.88. The number of carboxylic acid groups (broad SMARTS) is 1. The number of carboxylic acids is 1. The van der Waals surface area contributed by atoms with E-state index in [2.05, 4.69) is 5.32 Å². The van der Waals surface area contributed by atoms with Crippen molar-refractivity contribution in [1.82, 2.24) is 5.32 Å². The zero-order valence-corrected chi connectivity index (χ0v) is 12.0. The van der Waals surface area contributed by atoms with E-state index in [1.807, 2.05) is 0 Å². The molecule has 2 aliphatic carbocycles. The minimum Gasteiger partial charge on any atom is -0.481 e. The number of ether oxygens (including phenoxy) is 1. The quantitative estimate of drug-likeness (QED) is 0.634. The molecule has 20 heavy (non-hydrogen) atoms. The molecule has 0 aromatic carbocycles. The molecule has 114 valence electrons. The van der Waals surface area contributed by atoms with Gasteiger partial charge in [0.2, 0.25) is 5.91 Å². The lowest BCUT2D eigenvalue weighted by atomic mass is 9.79. The molecule has 0 aromatic heterocycles. The first-order chi connectivity index (χ1) is 9.60. The highest BCUT2D eigenvalue weighted by atomic mass is 16.5. The van der Waals surface area contributed by atoms with Crippen LogP contribution in [0.5, 0.6) is 0 Å². The van der Waals surface area contributed by atoms with Crippen molar-refractivity contribution in [3.63, 3.8) is 0 Å². The van der Waals surface area contributed by atoms with E-state index in [0.717, 1.165) is 38.2 Å². The Hall–Kier alpha value is -1.10. The van der Waals surface area contributed by atoms with E-state index in [9.17, 15) is 9.59 Å². The van der Waals surface area contributed by atoms with E-state index in [-0.39, 0.29) is 17.7 Å². The molecule has 0 heterocycles. The average Bonchev–Trinajstić information content (AvgIpc) is 3.09. The van der Waals surface area contributed by atoms with E-state index in [1.54, 1.807) is 0 Å². The first-order valence-corrected chi connectivity index (χ1v) is 7.66. The number of aliphatic carboxylic acids is 1. The van der Waals surface area contributed by atoms with E-state index in [4.69, 9.17) is 9.84 Å². The number of amides is 1. The molecule has 2 rings (SSSR count). The van der Waals surface area contributed by atoms with Crippen molar-refractivity contribution in [1.29, 1.82) is 0 Å². The Morgan fingerprint density at radius 3 is 2.50 bits per heavy atom. The van der Waals surface area contributed by atoms with Crippen LogP contribution in [-0.2, 0) is 14.3 Å². The second kappa shape index (κ2) is 7.07. The summed E-state index contributed by atoms with van der Waals surface area (Å²) >= 11 is 0. The van der Waals surface area contributed by atoms with E-state index < -0.39 is 5.97 Å². The largest absolute Gasteiger partial charge is 0.481 e. The lowest BCUT2D eigenvalue weighted by Crippen LogP contribution is -2.33. The van der Waals surface area contributed by atoms with Gasteiger partial charge in [-0.05, 0) is 37.0 Å². The Labute approximate surface area is 120 Å². The summed E-state index contributed by atoms with van der Waals surface area (Å²) in [5.41, 5.74) is -0.315. The number of hydrogen-bond donors (Lipinski definition) is 2. The number of rotatable bonds is 9. The van der Waals surface area contributed by atoms with Crippen molar-refractivity contribution in [3.05, 3.63) is 0 Å². The van der Waals surface area contributed by atoms with Gasteiger partial charge < -0.3 is 15.2 Å². The number of nitrogens with one attached hydrogen (secondary N) is 1. The highest BCUT2D eigenvalue weighted by Crippen LogP contribution is 2.43. The van der Waals surface area contributed by atoms with Crippen LogP contribution in [0.1, 0.15) is 51.4 Å². The molecule has 2 aliphatic rings. The van der Waals surface area contributed by atoms with E-state index >= 15 is 0 Å². The van der Waals surface area contributed by atoms with Gasteiger partial charge in [0, 0.05) is 19.6 Å². The van der Waals surface area contributed by atoms with Crippen LogP contribution in [0.25, 0.3) is 0 Å². The Morgan fingerprint density at radius 2 is 1.90 bits per heavy atom. The van der Waals surface area contributed by atoms with Crippen molar-refractivity contribution in [2.75, 3.05) is 19.8 Å². The summed E-state index contributed by atoms with van der Waals surface area (Å²) in [6.07, 6.45) is 6.75. The Bertz CT molecular complexity index is 346. The van der Waals surface area contributed by atoms with Gasteiger partial charge in [0.1, 0.15) is 0 Å². The molecule has 0 aliphatic heterocycles. The SMILES string of the molecule is O=C(O)CC1(CC(=O)NCCOCC2CC2)CCCC1. The monoisotopic (exact) mass is 283 g/mol. The summed E-state index contributed by atoms with van der Waals surface area (Å²) in [5.74, 6) is -0.0985. The molecule has 2 fully saturated rings. The van der Waals surface area contributed by atoms with Crippen LogP contribution in [0, 0.1) is 11.3 Å². The predicted octanol–water partition coefficient (Wildman–Crippen LogP) is 1.95. The third-order valence-corrected chi connectivity index (χ3v) is 4.35. The summed E-state index contributed by atoms with van der Waals surface area (Å²) < 4.78 is 5.46. The molecule has 0 radical (unpaired) electrons. The molecular weight excluding hydrogens is 258 g/mol. The lowest BCUT2D eigenvalue weighted by molar-refractivity contribution is -0.140. The van der Waals surface area contributed by atoms with E-state index in [1.165, 1.54) is 12.8 Å². The number of carbonyl (C=O) groups is 2. The molecule has 5 heteroatoms. The second-order valence-electron chi connectivity index (χ2n) is 6.32. The van der Waals surface area contributed by atoms with Crippen LogP contribution >= 0.6 is 0 Å². The first kappa shape index (κ1) is 15.3. The first-order valence-electron chi connectivity index (χ1n) is 7.66. The van der Waals surface area contributed by atoms with Gasteiger partial charge >= 0.3 is 5.97 Å².